The molecule has 0 spiro atoms. The van der Waals surface area contributed by atoms with Crippen LogP contribution in [0.1, 0.15) is 6.92 Å². The predicted octanol–water partition coefficient (Wildman–Crippen LogP) is 1.72. The van der Waals surface area contributed by atoms with Crippen LogP contribution in [0.25, 0.3) is 10.9 Å². The molecule has 0 bridgehead atoms. The molecule has 150 valence electrons. The van der Waals surface area contributed by atoms with E-state index in [9.17, 15) is 0 Å². The van der Waals surface area contributed by atoms with Gasteiger partial charge < -0.3 is 24.9 Å². The predicted molar refractivity (Wildman–Crippen MR) is 119 cm³/mol. The van der Waals surface area contributed by atoms with Gasteiger partial charge in [0.15, 0.2) is 5.11 Å². The van der Waals surface area contributed by atoms with Crippen LogP contribution in [-0.4, -0.2) is 95.7 Å². The Balaban J connectivity index is 1.56. The van der Waals surface area contributed by atoms with Crippen molar-refractivity contribution in [3.05, 3.63) is 24.3 Å². The first-order chi connectivity index (χ1) is 13.6. The van der Waals surface area contributed by atoms with E-state index in [1.54, 1.807) is 0 Å². The normalized spacial score (nSPS) is 19.2. The summed E-state index contributed by atoms with van der Waals surface area (Å²) in [6.45, 7) is 11.3. The van der Waals surface area contributed by atoms with Gasteiger partial charge in [0, 0.05) is 57.7 Å². The number of thiocarbonyl (C=S) groups is 1. The Bertz CT molecular complexity index is 826. The van der Waals surface area contributed by atoms with Crippen LogP contribution in [-0.2, 0) is 0 Å². The Kier molecular flexibility index (Phi) is 5.89. The number of nitrogens with one attached hydrogen (secondary N) is 1. The van der Waals surface area contributed by atoms with Crippen LogP contribution in [0.4, 0.5) is 11.8 Å². The van der Waals surface area contributed by atoms with Crippen molar-refractivity contribution in [1.82, 2.24) is 24.7 Å². The van der Waals surface area contributed by atoms with E-state index in [0.717, 1.165) is 75.6 Å². The molecule has 2 aliphatic rings. The average Bonchev–Trinajstić information content (AvgIpc) is 2.73. The number of para-hydroxylation sites is 1. The summed E-state index contributed by atoms with van der Waals surface area (Å²) < 4.78 is 0. The molecule has 7 nitrogen and oxygen atoms in total. The van der Waals surface area contributed by atoms with Gasteiger partial charge in [0.1, 0.15) is 5.82 Å². The molecule has 1 aromatic carbocycles. The first kappa shape index (κ1) is 19.3. The fourth-order valence-corrected chi connectivity index (χ4v) is 4.09. The Morgan fingerprint density at radius 1 is 1.00 bits per heavy atom. The van der Waals surface area contributed by atoms with E-state index in [1.165, 1.54) is 0 Å². The fourth-order valence-electron chi connectivity index (χ4n) is 3.82. The number of hydrogen-bond acceptors (Lipinski definition) is 6. The number of benzene rings is 1. The van der Waals surface area contributed by atoms with E-state index in [1.807, 2.05) is 12.1 Å². The lowest BCUT2D eigenvalue weighted by Gasteiger charge is -2.35. The SMILES string of the molecule is CCN1CCN(c2nc(NC(=S)N3CCN(C)CC3)nc3ccccc23)CC1. The van der Waals surface area contributed by atoms with E-state index < -0.39 is 0 Å². The Labute approximate surface area is 172 Å². The van der Waals surface area contributed by atoms with Crippen molar-refractivity contribution in [2.24, 2.45) is 0 Å². The van der Waals surface area contributed by atoms with Crippen LogP contribution in [0.3, 0.4) is 0 Å². The molecule has 2 fully saturated rings. The minimum atomic E-state index is 0.593. The summed E-state index contributed by atoms with van der Waals surface area (Å²) in [5.74, 6) is 1.60. The smallest absolute Gasteiger partial charge is 0.231 e. The Hall–Kier alpha value is -2.03. The van der Waals surface area contributed by atoms with Crippen molar-refractivity contribution in [2.45, 2.75) is 6.92 Å². The monoisotopic (exact) mass is 399 g/mol. The number of aromatic nitrogens is 2. The van der Waals surface area contributed by atoms with Crippen LogP contribution in [0.5, 0.6) is 0 Å². The van der Waals surface area contributed by atoms with Crippen LogP contribution < -0.4 is 10.2 Å². The van der Waals surface area contributed by atoms with E-state index in [-0.39, 0.29) is 0 Å². The van der Waals surface area contributed by atoms with Crippen LogP contribution >= 0.6 is 12.2 Å². The van der Waals surface area contributed by atoms with Gasteiger partial charge in [0.2, 0.25) is 5.95 Å². The van der Waals surface area contributed by atoms with Crippen molar-refractivity contribution >= 4 is 40.0 Å². The van der Waals surface area contributed by atoms with Crippen LogP contribution in [0, 0.1) is 0 Å². The maximum Gasteiger partial charge on any atom is 0.231 e. The standard InChI is InChI=1S/C20H29N7S/c1-3-25-10-14-26(15-11-25)18-16-6-4-5-7-17(16)21-19(22-18)23-20(28)27-12-8-24(2)9-13-27/h4-7H,3,8-15H2,1-2H3,(H,21,22,23,28). The molecule has 0 unspecified atom stereocenters. The molecule has 0 amide bonds. The highest BCUT2D eigenvalue weighted by Gasteiger charge is 2.21. The number of piperazine rings is 2. The molecular formula is C20H29N7S. The average molecular weight is 400 g/mol. The molecule has 2 aliphatic heterocycles. The lowest BCUT2D eigenvalue weighted by molar-refractivity contribution is 0.217. The van der Waals surface area contributed by atoms with Gasteiger partial charge in [-0.05, 0) is 37.9 Å². The van der Waals surface area contributed by atoms with E-state index in [4.69, 9.17) is 22.2 Å². The summed E-state index contributed by atoms with van der Waals surface area (Å²) in [6.07, 6.45) is 0. The summed E-state index contributed by atoms with van der Waals surface area (Å²) in [7, 11) is 2.14. The Morgan fingerprint density at radius 2 is 1.71 bits per heavy atom. The van der Waals surface area contributed by atoms with Gasteiger partial charge >= 0.3 is 0 Å². The third-order valence-corrected chi connectivity index (χ3v) is 6.07. The van der Waals surface area contributed by atoms with Gasteiger partial charge in [-0.3, -0.25) is 0 Å². The molecule has 2 aromatic rings. The zero-order valence-corrected chi connectivity index (χ0v) is 17.6. The molecule has 28 heavy (non-hydrogen) atoms. The third-order valence-electron chi connectivity index (χ3n) is 5.71. The molecule has 3 heterocycles. The third kappa shape index (κ3) is 4.19. The van der Waals surface area contributed by atoms with Gasteiger partial charge in [-0.2, -0.15) is 4.98 Å². The summed E-state index contributed by atoms with van der Waals surface area (Å²) in [5, 5.41) is 5.11. The molecule has 4 rings (SSSR count). The molecule has 0 atom stereocenters. The highest BCUT2D eigenvalue weighted by Crippen LogP contribution is 2.26. The minimum Gasteiger partial charge on any atom is -0.353 e. The highest BCUT2D eigenvalue weighted by molar-refractivity contribution is 7.80. The van der Waals surface area contributed by atoms with Gasteiger partial charge in [-0.25, -0.2) is 4.98 Å². The second-order valence-electron chi connectivity index (χ2n) is 7.53. The van der Waals surface area contributed by atoms with E-state index in [2.05, 4.69) is 51.0 Å². The summed E-state index contributed by atoms with van der Waals surface area (Å²) in [4.78, 5) is 19.0. The topological polar surface area (TPSA) is 50.8 Å². The van der Waals surface area contributed by atoms with Crippen LogP contribution in [0.15, 0.2) is 24.3 Å². The minimum absolute atomic E-state index is 0.593. The van der Waals surface area contributed by atoms with Crippen molar-refractivity contribution < 1.29 is 0 Å². The molecule has 8 heteroatoms. The lowest BCUT2D eigenvalue weighted by atomic mass is 10.2. The molecule has 1 aromatic heterocycles. The number of likely N-dealkylation sites (N-methyl/N-ethyl adjacent to an activating group) is 2. The summed E-state index contributed by atoms with van der Waals surface area (Å²) in [5.41, 5.74) is 0.953. The van der Waals surface area contributed by atoms with E-state index >= 15 is 0 Å². The largest absolute Gasteiger partial charge is 0.353 e. The molecule has 0 radical (unpaired) electrons. The first-order valence-electron chi connectivity index (χ1n) is 10.1. The first-order valence-corrected chi connectivity index (χ1v) is 10.5. The zero-order chi connectivity index (χ0) is 19.5. The maximum atomic E-state index is 5.64. The fraction of sp³-hybridized carbons (Fsp3) is 0.550. The van der Waals surface area contributed by atoms with Gasteiger partial charge in [0.05, 0.1) is 5.52 Å². The molecule has 0 saturated carbocycles. The number of nitrogens with zero attached hydrogens (tertiary/aromatic N) is 6. The molecule has 1 N–H and O–H groups in total. The number of anilines is 2. The van der Waals surface area contributed by atoms with Gasteiger partial charge in [-0.15, -0.1) is 0 Å². The lowest BCUT2D eigenvalue weighted by Crippen LogP contribution is -2.48. The summed E-state index contributed by atoms with van der Waals surface area (Å²) >= 11 is 5.64. The van der Waals surface area contributed by atoms with E-state index in [0.29, 0.717) is 11.1 Å². The quantitative estimate of drug-likeness (QED) is 0.783. The maximum absolute atomic E-state index is 5.64. The number of fused-ring (bicyclic) bond motifs is 1. The zero-order valence-electron chi connectivity index (χ0n) is 16.8. The second kappa shape index (κ2) is 8.55. The second-order valence-corrected chi connectivity index (χ2v) is 7.92. The highest BCUT2D eigenvalue weighted by atomic mass is 32.1. The van der Waals surface area contributed by atoms with Crippen LogP contribution in [0.2, 0.25) is 0 Å². The Morgan fingerprint density at radius 3 is 2.43 bits per heavy atom. The molecule has 2 saturated heterocycles. The van der Waals surface area contributed by atoms with Gasteiger partial charge in [0.25, 0.3) is 0 Å². The molecular weight excluding hydrogens is 370 g/mol. The van der Waals surface area contributed by atoms with Crippen molar-refractivity contribution in [3.8, 4) is 0 Å². The number of hydrogen-bond donors (Lipinski definition) is 1. The molecule has 0 aliphatic carbocycles. The van der Waals surface area contributed by atoms with Crippen molar-refractivity contribution in [2.75, 3.05) is 76.2 Å². The van der Waals surface area contributed by atoms with Crippen molar-refractivity contribution in [1.29, 1.82) is 0 Å². The van der Waals surface area contributed by atoms with Crippen molar-refractivity contribution in [3.63, 3.8) is 0 Å². The van der Waals surface area contributed by atoms with Gasteiger partial charge in [-0.1, -0.05) is 19.1 Å². The number of rotatable bonds is 3. The summed E-state index contributed by atoms with van der Waals surface area (Å²) in [6, 6.07) is 8.24.